The molecule has 0 atom stereocenters. The second kappa shape index (κ2) is 8.48. The predicted octanol–water partition coefficient (Wildman–Crippen LogP) is 3.59. The number of aromatic nitrogens is 4. The van der Waals surface area contributed by atoms with Crippen LogP contribution in [-0.2, 0) is 19.3 Å². The summed E-state index contributed by atoms with van der Waals surface area (Å²) in [5.41, 5.74) is 2.33. The molecule has 29 heavy (non-hydrogen) atoms. The molecule has 0 fully saturated rings. The fraction of sp³-hybridized carbons (Fsp3) is 0.286. The van der Waals surface area contributed by atoms with Crippen molar-refractivity contribution < 1.29 is 14.2 Å². The average molecular weight is 410 g/mol. The van der Waals surface area contributed by atoms with Gasteiger partial charge in [-0.3, -0.25) is 0 Å². The lowest BCUT2D eigenvalue weighted by Crippen LogP contribution is -2.01. The van der Waals surface area contributed by atoms with Gasteiger partial charge >= 0.3 is 0 Å². The molecule has 0 saturated carbocycles. The zero-order valence-corrected chi connectivity index (χ0v) is 17.4. The molecule has 0 saturated heterocycles. The van der Waals surface area contributed by atoms with Gasteiger partial charge in [0.25, 0.3) is 0 Å². The largest absolute Gasteiger partial charge is 0.497 e. The maximum atomic E-state index is 5.38. The van der Waals surface area contributed by atoms with Crippen LogP contribution >= 0.6 is 11.3 Å². The molecule has 0 spiro atoms. The van der Waals surface area contributed by atoms with Crippen LogP contribution in [0.2, 0.25) is 0 Å². The molecule has 2 aromatic carbocycles. The summed E-state index contributed by atoms with van der Waals surface area (Å²) in [5.74, 6) is 3.16. The van der Waals surface area contributed by atoms with Gasteiger partial charge in [0.05, 0.1) is 21.3 Å². The van der Waals surface area contributed by atoms with E-state index < -0.39 is 0 Å². The monoisotopic (exact) mass is 410 g/mol. The third-order valence-corrected chi connectivity index (χ3v) is 5.60. The molecule has 0 unspecified atom stereocenters. The third kappa shape index (κ3) is 4.17. The van der Waals surface area contributed by atoms with Crippen LogP contribution in [0.15, 0.2) is 42.5 Å². The van der Waals surface area contributed by atoms with E-state index in [0.717, 1.165) is 57.9 Å². The van der Waals surface area contributed by atoms with E-state index >= 15 is 0 Å². The number of ether oxygens (including phenoxy) is 3. The number of benzene rings is 2. The molecule has 0 radical (unpaired) electrons. The number of methoxy groups -OCH3 is 3. The first-order valence-electron chi connectivity index (χ1n) is 9.24. The van der Waals surface area contributed by atoms with Gasteiger partial charge < -0.3 is 14.2 Å². The fourth-order valence-corrected chi connectivity index (χ4v) is 4.02. The van der Waals surface area contributed by atoms with Crippen molar-refractivity contribution in [3.8, 4) is 17.2 Å². The van der Waals surface area contributed by atoms with Crippen molar-refractivity contribution in [2.75, 3.05) is 21.3 Å². The molecular weight excluding hydrogens is 388 g/mol. The van der Waals surface area contributed by atoms with Gasteiger partial charge in [0.15, 0.2) is 17.3 Å². The number of aryl methyl sites for hydroxylation is 2. The van der Waals surface area contributed by atoms with E-state index in [1.807, 2.05) is 34.8 Å². The second-order valence-corrected chi connectivity index (χ2v) is 7.56. The maximum Gasteiger partial charge on any atom is 0.234 e. The van der Waals surface area contributed by atoms with Crippen molar-refractivity contribution in [2.45, 2.75) is 19.3 Å². The Morgan fingerprint density at radius 3 is 2.31 bits per heavy atom. The molecule has 0 bridgehead atoms. The Hall–Kier alpha value is -3.13. The summed E-state index contributed by atoms with van der Waals surface area (Å²) in [6.07, 6.45) is 2.31. The molecule has 2 aromatic heterocycles. The summed E-state index contributed by atoms with van der Waals surface area (Å²) in [6.45, 7) is 0. The zero-order chi connectivity index (χ0) is 20.2. The number of fused-ring (bicyclic) bond motifs is 1. The number of nitrogens with zero attached hydrogens (tertiary/aromatic N) is 4. The van der Waals surface area contributed by atoms with E-state index in [-0.39, 0.29) is 0 Å². The Morgan fingerprint density at radius 2 is 1.59 bits per heavy atom. The van der Waals surface area contributed by atoms with Crippen molar-refractivity contribution in [1.29, 1.82) is 0 Å². The van der Waals surface area contributed by atoms with E-state index in [0.29, 0.717) is 0 Å². The minimum atomic E-state index is 0.726. The highest BCUT2D eigenvalue weighted by molar-refractivity contribution is 7.16. The quantitative estimate of drug-likeness (QED) is 0.442. The predicted molar refractivity (Wildman–Crippen MR) is 111 cm³/mol. The first-order chi connectivity index (χ1) is 14.2. The minimum Gasteiger partial charge on any atom is -0.497 e. The molecule has 150 valence electrons. The van der Waals surface area contributed by atoms with Crippen molar-refractivity contribution >= 4 is 16.3 Å². The SMILES string of the molecule is COc1ccc(Cc2nn3c(CCc4ccc(OC)c(OC)c4)nnc3s2)cc1. The van der Waals surface area contributed by atoms with Gasteiger partial charge in [-0.05, 0) is 41.8 Å². The lowest BCUT2D eigenvalue weighted by molar-refractivity contribution is 0.354. The Morgan fingerprint density at radius 1 is 0.828 bits per heavy atom. The van der Waals surface area contributed by atoms with Gasteiger partial charge in [0, 0.05) is 12.8 Å². The lowest BCUT2D eigenvalue weighted by Gasteiger charge is -2.09. The van der Waals surface area contributed by atoms with Gasteiger partial charge in [0.2, 0.25) is 4.96 Å². The fourth-order valence-electron chi connectivity index (χ4n) is 3.13. The van der Waals surface area contributed by atoms with Gasteiger partial charge in [0.1, 0.15) is 10.8 Å². The molecular formula is C21H22N4O3S. The van der Waals surface area contributed by atoms with Crippen molar-refractivity contribution in [3.63, 3.8) is 0 Å². The number of hydrogen-bond acceptors (Lipinski definition) is 7. The molecule has 4 aromatic rings. The normalized spacial score (nSPS) is 11.0. The first kappa shape index (κ1) is 19.2. The maximum absolute atomic E-state index is 5.38. The summed E-state index contributed by atoms with van der Waals surface area (Å²) < 4.78 is 17.7. The Balaban J connectivity index is 1.47. The number of hydrogen-bond donors (Lipinski definition) is 0. The average Bonchev–Trinajstić information content (AvgIpc) is 3.33. The van der Waals surface area contributed by atoms with Crippen LogP contribution in [0, 0.1) is 0 Å². The minimum absolute atomic E-state index is 0.726. The van der Waals surface area contributed by atoms with Crippen LogP contribution < -0.4 is 14.2 Å². The molecule has 0 aliphatic heterocycles. The Kier molecular flexibility index (Phi) is 5.62. The molecule has 4 rings (SSSR count). The Labute approximate surface area is 172 Å². The third-order valence-electron chi connectivity index (χ3n) is 4.70. The van der Waals surface area contributed by atoms with Crippen LogP contribution in [0.5, 0.6) is 17.2 Å². The van der Waals surface area contributed by atoms with Gasteiger partial charge in [-0.2, -0.15) is 9.61 Å². The molecule has 2 heterocycles. The lowest BCUT2D eigenvalue weighted by atomic mass is 10.1. The van der Waals surface area contributed by atoms with E-state index in [9.17, 15) is 0 Å². The summed E-state index contributed by atoms with van der Waals surface area (Å²) in [4.78, 5) is 0.816. The molecule has 0 aliphatic carbocycles. The number of rotatable bonds is 8. The van der Waals surface area contributed by atoms with Crippen LogP contribution in [0.25, 0.3) is 4.96 Å². The molecule has 7 nitrogen and oxygen atoms in total. The van der Waals surface area contributed by atoms with Crippen molar-refractivity contribution in [1.82, 2.24) is 19.8 Å². The van der Waals surface area contributed by atoms with E-state index in [1.54, 1.807) is 32.7 Å². The smallest absolute Gasteiger partial charge is 0.234 e. The summed E-state index contributed by atoms with van der Waals surface area (Å²) in [5, 5.41) is 14.3. The van der Waals surface area contributed by atoms with Crippen molar-refractivity contribution in [2.24, 2.45) is 0 Å². The van der Waals surface area contributed by atoms with Crippen LogP contribution in [0.1, 0.15) is 22.0 Å². The van der Waals surface area contributed by atoms with E-state index in [2.05, 4.69) is 22.3 Å². The first-order valence-corrected chi connectivity index (χ1v) is 10.1. The van der Waals surface area contributed by atoms with Gasteiger partial charge in [-0.1, -0.05) is 29.5 Å². The van der Waals surface area contributed by atoms with Gasteiger partial charge in [-0.25, -0.2) is 0 Å². The van der Waals surface area contributed by atoms with E-state index in [4.69, 9.17) is 19.3 Å². The molecule has 0 aliphatic rings. The van der Waals surface area contributed by atoms with E-state index in [1.165, 1.54) is 5.56 Å². The van der Waals surface area contributed by atoms with Crippen molar-refractivity contribution in [3.05, 3.63) is 64.4 Å². The highest BCUT2D eigenvalue weighted by Gasteiger charge is 2.13. The topological polar surface area (TPSA) is 70.8 Å². The molecule has 0 N–H and O–H groups in total. The van der Waals surface area contributed by atoms with Crippen LogP contribution in [-0.4, -0.2) is 41.1 Å². The molecule has 0 amide bonds. The van der Waals surface area contributed by atoms with Crippen LogP contribution in [0.4, 0.5) is 0 Å². The summed E-state index contributed by atoms with van der Waals surface area (Å²) in [6, 6.07) is 14.0. The highest BCUT2D eigenvalue weighted by Crippen LogP contribution is 2.28. The highest BCUT2D eigenvalue weighted by atomic mass is 32.1. The standard InChI is InChI=1S/C21H22N4O3S/c1-26-16-8-4-15(5-9-16)13-20-24-25-19(22-23-21(25)29-20)11-7-14-6-10-17(27-2)18(12-14)28-3/h4-6,8-10,12H,7,11,13H2,1-3H3. The van der Waals surface area contributed by atoms with Gasteiger partial charge in [-0.15, -0.1) is 10.2 Å². The summed E-state index contributed by atoms with van der Waals surface area (Å²) in [7, 11) is 4.95. The second-order valence-electron chi connectivity index (χ2n) is 6.52. The molecule has 8 heteroatoms. The summed E-state index contributed by atoms with van der Waals surface area (Å²) >= 11 is 1.57. The zero-order valence-electron chi connectivity index (χ0n) is 16.6. The van der Waals surface area contributed by atoms with Crippen LogP contribution in [0.3, 0.4) is 0 Å². The Bertz CT molecular complexity index is 1110.